The summed E-state index contributed by atoms with van der Waals surface area (Å²) in [5, 5.41) is 0. The van der Waals surface area contributed by atoms with Gasteiger partial charge >= 0.3 is 0 Å². The zero-order valence-electron chi connectivity index (χ0n) is 21.1. The normalized spacial score (nSPS) is 11.8. The molecular weight excluding hydrogens is 488 g/mol. The molecule has 0 N–H and O–H groups in total. The zero-order valence-corrected chi connectivity index (χ0v) is 21.9. The quantitative estimate of drug-likeness (QED) is 0.286. The van der Waals surface area contributed by atoms with Gasteiger partial charge in [0.05, 0.1) is 34.6 Å². The molecule has 4 aromatic rings. The largest absolute Gasteiger partial charge is 0.496 e. The van der Waals surface area contributed by atoms with Gasteiger partial charge in [0.15, 0.2) is 22.9 Å². The number of amides is 1. The first-order chi connectivity index (χ1) is 17.2. The molecule has 10 heteroatoms. The van der Waals surface area contributed by atoms with Gasteiger partial charge in [0.1, 0.15) is 5.75 Å². The number of hydrogen-bond donors (Lipinski definition) is 0. The fraction of sp³-hybridized carbons (Fsp3) is 0.346. The molecule has 0 aliphatic rings. The number of rotatable bonds is 7. The molecule has 1 unspecified atom stereocenters. The zero-order chi connectivity index (χ0) is 26.6. The first-order valence-corrected chi connectivity index (χ1v) is 12.1. The summed E-state index contributed by atoms with van der Waals surface area (Å²) in [7, 11) is 6.32. The van der Waals surface area contributed by atoms with Gasteiger partial charge in [0.25, 0.3) is 0 Å². The average molecular weight is 518 g/mol. The van der Waals surface area contributed by atoms with Gasteiger partial charge in [-0.3, -0.25) is 14.0 Å². The number of imidazole rings is 1. The molecule has 4 rings (SSSR count). The summed E-state index contributed by atoms with van der Waals surface area (Å²) in [6, 6.07) is 5.92. The SMILES string of the molecule is CCCC(c1ccc(-c2cn3c(n2)sc2cc(C=O)c(OC)cc23)c(F)c1F)N(C)C(C)=O.COC. The fourth-order valence-corrected chi connectivity index (χ4v) is 5.05. The topological polar surface area (TPSA) is 73.1 Å². The van der Waals surface area contributed by atoms with Crippen molar-refractivity contribution >= 4 is 38.7 Å². The predicted molar refractivity (Wildman–Crippen MR) is 137 cm³/mol. The Morgan fingerprint density at radius 1 is 1.22 bits per heavy atom. The number of nitrogens with zero attached hydrogens (tertiary/aromatic N) is 3. The number of thiazole rings is 1. The van der Waals surface area contributed by atoms with Crippen LogP contribution in [0.1, 0.15) is 48.7 Å². The van der Waals surface area contributed by atoms with E-state index in [1.54, 1.807) is 44.0 Å². The molecule has 2 aromatic heterocycles. The fourth-order valence-electron chi connectivity index (χ4n) is 4.01. The first-order valence-electron chi connectivity index (χ1n) is 11.3. The summed E-state index contributed by atoms with van der Waals surface area (Å²) >= 11 is 1.33. The highest BCUT2D eigenvalue weighted by molar-refractivity contribution is 7.23. The van der Waals surface area contributed by atoms with E-state index < -0.39 is 17.7 Å². The summed E-state index contributed by atoms with van der Waals surface area (Å²) in [5.74, 6) is -1.77. The highest BCUT2D eigenvalue weighted by Gasteiger charge is 2.26. The Kier molecular flexibility index (Phi) is 8.75. The predicted octanol–water partition coefficient (Wildman–Crippen LogP) is 5.90. The second-order valence-corrected chi connectivity index (χ2v) is 9.24. The maximum atomic E-state index is 15.2. The van der Waals surface area contributed by atoms with E-state index in [0.29, 0.717) is 29.1 Å². The Balaban J connectivity index is 0.00000115. The molecule has 1 atom stereocenters. The number of carbonyl (C=O) groups is 2. The van der Waals surface area contributed by atoms with E-state index in [2.05, 4.69) is 9.72 Å². The van der Waals surface area contributed by atoms with Crippen LogP contribution in [-0.2, 0) is 9.53 Å². The third-order valence-corrected chi connectivity index (χ3v) is 6.86. The third-order valence-electron chi connectivity index (χ3n) is 5.85. The number of ether oxygens (including phenoxy) is 2. The molecule has 1 amide bonds. The van der Waals surface area contributed by atoms with Crippen molar-refractivity contribution in [2.45, 2.75) is 32.7 Å². The van der Waals surface area contributed by atoms with Crippen LogP contribution in [0, 0.1) is 11.6 Å². The molecule has 0 aliphatic heterocycles. The van der Waals surface area contributed by atoms with Gasteiger partial charge in [0.2, 0.25) is 5.91 Å². The van der Waals surface area contributed by atoms with Crippen molar-refractivity contribution in [3.8, 4) is 17.0 Å². The van der Waals surface area contributed by atoms with Crippen LogP contribution in [0.25, 0.3) is 26.4 Å². The summed E-state index contributed by atoms with van der Waals surface area (Å²) in [6.07, 6.45) is 3.59. The lowest BCUT2D eigenvalue weighted by molar-refractivity contribution is -0.129. The molecule has 0 bridgehead atoms. The smallest absolute Gasteiger partial charge is 0.219 e. The van der Waals surface area contributed by atoms with Crippen molar-refractivity contribution in [2.75, 3.05) is 28.4 Å². The van der Waals surface area contributed by atoms with Crippen LogP contribution in [-0.4, -0.2) is 54.9 Å². The number of halogens is 2. The average Bonchev–Trinajstić information content (AvgIpc) is 3.41. The maximum Gasteiger partial charge on any atom is 0.219 e. The minimum atomic E-state index is -0.999. The van der Waals surface area contributed by atoms with Crippen LogP contribution >= 0.6 is 11.3 Å². The highest BCUT2D eigenvalue weighted by atomic mass is 32.1. The summed E-state index contributed by atoms with van der Waals surface area (Å²) in [4.78, 5) is 29.6. The van der Waals surface area contributed by atoms with Gasteiger partial charge in [0, 0.05) is 51.6 Å². The number of carbonyl (C=O) groups excluding carboxylic acids is 2. The van der Waals surface area contributed by atoms with Gasteiger partial charge in [-0.05, 0) is 18.6 Å². The van der Waals surface area contributed by atoms with Crippen molar-refractivity contribution in [3.05, 3.63) is 53.2 Å². The molecule has 0 aliphatic carbocycles. The number of methoxy groups -OCH3 is 2. The van der Waals surface area contributed by atoms with Gasteiger partial charge in [-0.2, -0.15) is 0 Å². The molecule has 2 heterocycles. The van der Waals surface area contributed by atoms with Gasteiger partial charge in [-0.15, -0.1) is 0 Å². The van der Waals surface area contributed by atoms with E-state index in [1.807, 2.05) is 6.92 Å². The Labute approximate surface area is 212 Å². The van der Waals surface area contributed by atoms with Crippen LogP contribution in [0.15, 0.2) is 30.5 Å². The lowest BCUT2D eigenvalue weighted by atomic mass is 9.97. The van der Waals surface area contributed by atoms with Crippen molar-refractivity contribution in [3.63, 3.8) is 0 Å². The standard InChI is InChI=1S/C24H23F2N3O3S.C2H6O/c1-5-6-18(28(3)13(2)31)16-8-7-15(22(25)23(16)26)17-11-29-19-10-20(32-4)14(12-30)9-21(19)33-24(29)27-17;1-3-2/h7-12,18H,5-6H2,1-4H3;1-2H3. The van der Waals surface area contributed by atoms with E-state index in [1.165, 1.54) is 42.4 Å². The van der Waals surface area contributed by atoms with Crippen molar-refractivity contribution in [1.29, 1.82) is 0 Å². The van der Waals surface area contributed by atoms with Gasteiger partial charge < -0.3 is 14.4 Å². The number of hydrogen-bond acceptors (Lipinski definition) is 6. The van der Waals surface area contributed by atoms with Crippen LogP contribution in [0.2, 0.25) is 0 Å². The first kappa shape index (κ1) is 27.2. The Bertz CT molecular complexity index is 1400. The number of benzene rings is 2. The van der Waals surface area contributed by atoms with Crippen molar-refractivity contribution in [2.24, 2.45) is 0 Å². The molecule has 2 aromatic carbocycles. The molecule has 7 nitrogen and oxygen atoms in total. The second-order valence-electron chi connectivity index (χ2n) is 8.23. The minimum absolute atomic E-state index is 0.0394. The monoisotopic (exact) mass is 517 g/mol. The van der Waals surface area contributed by atoms with E-state index in [-0.39, 0.29) is 22.7 Å². The van der Waals surface area contributed by atoms with Crippen molar-refractivity contribution < 1.29 is 27.8 Å². The molecule has 0 saturated heterocycles. The number of aldehydes is 1. The molecule has 0 saturated carbocycles. The number of fused-ring (bicyclic) bond motifs is 3. The van der Waals surface area contributed by atoms with Gasteiger partial charge in [-0.1, -0.05) is 30.7 Å². The molecule has 0 fully saturated rings. The van der Waals surface area contributed by atoms with Crippen molar-refractivity contribution in [1.82, 2.24) is 14.3 Å². The molecule has 0 radical (unpaired) electrons. The molecule has 192 valence electrons. The minimum Gasteiger partial charge on any atom is -0.496 e. The summed E-state index contributed by atoms with van der Waals surface area (Å²) in [5.41, 5.74) is 1.65. The Morgan fingerprint density at radius 3 is 2.50 bits per heavy atom. The third kappa shape index (κ3) is 5.10. The summed E-state index contributed by atoms with van der Waals surface area (Å²) < 4.78 is 42.5. The maximum absolute atomic E-state index is 15.2. The number of aromatic nitrogens is 2. The van der Waals surface area contributed by atoms with E-state index in [4.69, 9.17) is 4.74 Å². The lowest BCUT2D eigenvalue weighted by Gasteiger charge is -2.28. The highest BCUT2D eigenvalue weighted by Crippen LogP contribution is 2.36. The van der Waals surface area contributed by atoms with E-state index in [9.17, 15) is 9.59 Å². The van der Waals surface area contributed by atoms with Gasteiger partial charge in [-0.25, -0.2) is 13.8 Å². The van der Waals surface area contributed by atoms with Crippen LogP contribution in [0.5, 0.6) is 5.75 Å². The van der Waals surface area contributed by atoms with Crippen LogP contribution in [0.4, 0.5) is 8.78 Å². The molecule has 0 spiro atoms. The summed E-state index contributed by atoms with van der Waals surface area (Å²) in [6.45, 7) is 3.33. The molecule has 36 heavy (non-hydrogen) atoms. The lowest BCUT2D eigenvalue weighted by Crippen LogP contribution is -2.30. The molecular formula is C26H29F2N3O4S. The second kappa shape index (κ2) is 11.6. The van der Waals surface area contributed by atoms with E-state index >= 15 is 8.78 Å². The van der Waals surface area contributed by atoms with E-state index in [0.717, 1.165) is 16.5 Å². The van der Waals surface area contributed by atoms with Crippen LogP contribution < -0.4 is 4.74 Å². The Morgan fingerprint density at radius 2 is 1.92 bits per heavy atom. The Hall–Kier alpha value is -3.37. The van der Waals surface area contributed by atoms with Crippen LogP contribution in [0.3, 0.4) is 0 Å².